The summed E-state index contributed by atoms with van der Waals surface area (Å²) in [5.41, 5.74) is 0. The van der Waals surface area contributed by atoms with Gasteiger partial charge in [-0.2, -0.15) is 0 Å². The van der Waals surface area contributed by atoms with Crippen LogP contribution in [-0.2, 0) is 0 Å². The molecule has 0 radical (unpaired) electrons. The van der Waals surface area contributed by atoms with Crippen molar-refractivity contribution in [3.63, 3.8) is 0 Å². The summed E-state index contributed by atoms with van der Waals surface area (Å²) in [7, 11) is 0. The van der Waals surface area contributed by atoms with E-state index < -0.39 is 0 Å². The summed E-state index contributed by atoms with van der Waals surface area (Å²) in [6.45, 7) is 3.35. The molecule has 0 heterocycles. The zero-order chi connectivity index (χ0) is 6.95. The van der Waals surface area contributed by atoms with E-state index in [2.05, 4.69) is 29.2 Å². The van der Waals surface area contributed by atoms with Gasteiger partial charge in [-0.15, -0.1) is 0 Å². The van der Waals surface area contributed by atoms with Crippen LogP contribution in [-0.4, -0.2) is 0 Å². The van der Waals surface area contributed by atoms with Crippen molar-refractivity contribution < 1.29 is 0 Å². The van der Waals surface area contributed by atoms with Gasteiger partial charge >= 0.3 is 0 Å². The van der Waals surface area contributed by atoms with Crippen LogP contribution in [0.1, 0.15) is 0 Å². The molecule has 1 rings (SSSR count). The Hall–Kier alpha value is -0.310. The van der Waals surface area contributed by atoms with Crippen molar-refractivity contribution >= 4 is 22.6 Å². The first-order valence-corrected chi connectivity index (χ1v) is 3.87. The van der Waals surface area contributed by atoms with Crippen LogP contribution in [0.15, 0.2) is 47.1 Å². The van der Waals surface area contributed by atoms with E-state index in [4.69, 9.17) is 0 Å². The quantitative estimate of drug-likeness (QED) is 0.602. The van der Waals surface area contributed by atoms with Gasteiger partial charge in [0, 0.05) is 0 Å². The Balaban J connectivity index is 0.000000187. The lowest BCUT2D eigenvalue weighted by atomic mass is 10.4. The average molecular weight is 232 g/mol. The summed E-state index contributed by atoms with van der Waals surface area (Å²) in [5.74, 6) is 0. The Morgan fingerprint density at radius 3 is 1.11 bits per heavy atom. The van der Waals surface area contributed by atoms with Crippen LogP contribution >= 0.6 is 22.6 Å². The lowest BCUT2D eigenvalue weighted by Gasteiger charge is -1.69. The van der Waals surface area contributed by atoms with Gasteiger partial charge in [0.05, 0.1) is 0 Å². The maximum absolute atomic E-state index is 3.35. The zero-order valence-corrected chi connectivity index (χ0v) is 7.28. The van der Waals surface area contributed by atoms with Gasteiger partial charge in [0.25, 0.3) is 0 Å². The normalized spacial score (nSPS) is 6.78. The summed E-state index contributed by atoms with van der Waals surface area (Å²) in [4.78, 5) is 0. The van der Waals surface area contributed by atoms with Gasteiger partial charge in [0.1, 0.15) is 0 Å². The first-order chi connectivity index (χ1) is 4.41. The fourth-order valence-corrected chi connectivity index (χ4v) is 0.385. The van der Waals surface area contributed by atoms with Crippen molar-refractivity contribution in [3.05, 3.63) is 47.1 Å². The summed E-state index contributed by atoms with van der Waals surface area (Å²) in [5, 5.41) is 0. The first-order valence-electron chi connectivity index (χ1n) is 2.63. The Labute approximate surface area is 69.7 Å². The molecule has 1 aromatic rings. The Morgan fingerprint density at radius 2 is 1.00 bits per heavy atom. The molecule has 0 N–H and O–H groups in total. The fraction of sp³-hybridized carbons (Fsp3) is 0. The first kappa shape index (κ1) is 8.69. The summed E-state index contributed by atoms with van der Waals surface area (Å²) >= 11 is 2.05. The lowest BCUT2D eigenvalue weighted by molar-refractivity contribution is 1.72. The molecule has 0 aliphatic carbocycles. The summed E-state index contributed by atoms with van der Waals surface area (Å²) in [6, 6.07) is 12.0. The molecule has 0 aromatic heterocycles. The topological polar surface area (TPSA) is 0 Å². The standard InChI is InChI=1S/C6H6.C2H3I/c1-2-4-6-5-3-1;1-2-3/h1-6H;2H,1H2. The minimum atomic E-state index is 1.72. The van der Waals surface area contributed by atoms with Crippen LogP contribution in [0.25, 0.3) is 0 Å². The van der Waals surface area contributed by atoms with Gasteiger partial charge < -0.3 is 0 Å². The smallest absolute Gasteiger partial charge is 0.0306 e. The molecule has 9 heavy (non-hydrogen) atoms. The highest BCUT2D eigenvalue weighted by atomic mass is 127. The maximum atomic E-state index is 3.35. The monoisotopic (exact) mass is 232 g/mol. The Morgan fingerprint density at radius 1 is 0.889 bits per heavy atom. The molecule has 1 aromatic carbocycles. The highest BCUT2D eigenvalue weighted by Crippen LogP contribution is 1.79. The molecule has 0 nitrogen and oxygen atoms in total. The molecule has 0 unspecified atom stereocenters. The highest BCUT2D eigenvalue weighted by molar-refractivity contribution is 14.1. The van der Waals surface area contributed by atoms with Gasteiger partial charge in [0.2, 0.25) is 0 Å². The van der Waals surface area contributed by atoms with Crippen molar-refractivity contribution in [1.29, 1.82) is 0 Å². The zero-order valence-electron chi connectivity index (χ0n) is 5.13. The van der Waals surface area contributed by atoms with E-state index in [1.54, 1.807) is 4.08 Å². The third-order valence-electron chi connectivity index (χ3n) is 0.667. The van der Waals surface area contributed by atoms with E-state index in [1.165, 1.54) is 0 Å². The molecule has 0 fully saturated rings. The SMILES string of the molecule is C=CI.c1ccccc1. The summed E-state index contributed by atoms with van der Waals surface area (Å²) in [6.07, 6.45) is 0. The minimum absolute atomic E-state index is 1.72. The van der Waals surface area contributed by atoms with Crippen molar-refractivity contribution in [2.45, 2.75) is 0 Å². The van der Waals surface area contributed by atoms with Crippen molar-refractivity contribution in [2.24, 2.45) is 0 Å². The van der Waals surface area contributed by atoms with Crippen LogP contribution in [0.3, 0.4) is 0 Å². The van der Waals surface area contributed by atoms with Crippen LogP contribution < -0.4 is 0 Å². The molecule has 0 aliphatic heterocycles. The third kappa shape index (κ3) is 7.69. The number of halogens is 1. The molecule has 0 saturated carbocycles. The molecule has 0 atom stereocenters. The second-order valence-corrected chi connectivity index (χ2v) is 2.19. The number of rotatable bonds is 0. The van der Waals surface area contributed by atoms with E-state index in [1.807, 2.05) is 36.4 Å². The molecule has 1 heteroatoms. The van der Waals surface area contributed by atoms with E-state index in [0.29, 0.717) is 0 Å². The Kier molecular flexibility index (Phi) is 7.43. The average Bonchev–Trinajstić information content (AvgIpc) is 1.93. The molecule has 0 spiro atoms. The van der Waals surface area contributed by atoms with E-state index >= 15 is 0 Å². The lowest BCUT2D eigenvalue weighted by Crippen LogP contribution is -1.47. The van der Waals surface area contributed by atoms with E-state index in [-0.39, 0.29) is 0 Å². The van der Waals surface area contributed by atoms with Crippen LogP contribution in [0.2, 0.25) is 0 Å². The fourth-order valence-electron chi connectivity index (χ4n) is 0.385. The van der Waals surface area contributed by atoms with Crippen LogP contribution in [0, 0.1) is 0 Å². The maximum Gasteiger partial charge on any atom is -0.0306 e. The third-order valence-corrected chi connectivity index (χ3v) is 0.667. The van der Waals surface area contributed by atoms with Gasteiger partial charge in [0.15, 0.2) is 0 Å². The predicted molar refractivity (Wildman–Crippen MR) is 50.7 cm³/mol. The van der Waals surface area contributed by atoms with Crippen molar-refractivity contribution in [2.75, 3.05) is 0 Å². The van der Waals surface area contributed by atoms with Crippen molar-refractivity contribution in [1.82, 2.24) is 0 Å². The number of hydrogen-bond acceptors (Lipinski definition) is 0. The predicted octanol–water partition coefficient (Wildman–Crippen LogP) is 3.25. The summed E-state index contributed by atoms with van der Waals surface area (Å²) < 4.78 is 1.72. The largest absolute Gasteiger partial charge is 0.0930 e. The second-order valence-electron chi connectivity index (χ2n) is 1.31. The molecule has 48 valence electrons. The van der Waals surface area contributed by atoms with E-state index in [0.717, 1.165) is 0 Å². The molecule has 0 saturated heterocycles. The molecular formula is C8H9I. The minimum Gasteiger partial charge on any atom is -0.0930 e. The van der Waals surface area contributed by atoms with Crippen molar-refractivity contribution in [3.8, 4) is 0 Å². The molecule has 0 bridgehead atoms. The molecule has 0 aliphatic rings. The highest BCUT2D eigenvalue weighted by Gasteiger charge is 1.57. The van der Waals surface area contributed by atoms with Gasteiger partial charge in [-0.1, -0.05) is 65.6 Å². The molecule has 0 amide bonds. The number of hydrogen-bond donors (Lipinski definition) is 0. The van der Waals surface area contributed by atoms with E-state index in [9.17, 15) is 0 Å². The number of benzene rings is 1. The van der Waals surface area contributed by atoms with Gasteiger partial charge in [-0.3, -0.25) is 0 Å². The second kappa shape index (κ2) is 7.69. The Bertz CT molecular complexity index is 108. The van der Waals surface area contributed by atoms with Gasteiger partial charge in [-0.05, 0) is 4.08 Å². The van der Waals surface area contributed by atoms with Crippen LogP contribution in [0.4, 0.5) is 0 Å². The molecular weight excluding hydrogens is 223 g/mol. The van der Waals surface area contributed by atoms with Crippen LogP contribution in [0.5, 0.6) is 0 Å². The van der Waals surface area contributed by atoms with Gasteiger partial charge in [-0.25, -0.2) is 0 Å².